The van der Waals surface area contributed by atoms with Gasteiger partial charge in [-0.3, -0.25) is 9.71 Å². The van der Waals surface area contributed by atoms with E-state index in [0.29, 0.717) is 24.6 Å². The Morgan fingerprint density at radius 2 is 2.00 bits per heavy atom. The van der Waals surface area contributed by atoms with Crippen LogP contribution >= 0.6 is 0 Å². The van der Waals surface area contributed by atoms with Gasteiger partial charge in [-0.15, -0.1) is 0 Å². The van der Waals surface area contributed by atoms with Crippen molar-refractivity contribution in [2.45, 2.75) is 31.7 Å². The molecule has 0 saturated carbocycles. The zero-order valence-corrected chi connectivity index (χ0v) is 12.8. The van der Waals surface area contributed by atoms with Crippen molar-refractivity contribution in [3.63, 3.8) is 0 Å². The van der Waals surface area contributed by atoms with Gasteiger partial charge in [0.2, 0.25) is 0 Å². The van der Waals surface area contributed by atoms with E-state index in [2.05, 4.69) is 9.71 Å². The fraction of sp³-hybridized carbons (Fsp3) is 0.500. The van der Waals surface area contributed by atoms with Gasteiger partial charge in [0.15, 0.2) is 0 Å². The zero-order chi connectivity index (χ0) is 14.8. The monoisotopic (exact) mass is 296 g/mol. The molecule has 6 heteroatoms. The number of hydrogen-bond donors (Lipinski definition) is 1. The van der Waals surface area contributed by atoms with E-state index in [1.165, 1.54) is 0 Å². The maximum atomic E-state index is 12.0. The number of hydrogen-bond acceptors (Lipinski definition) is 4. The number of nitrogens with one attached hydrogen (secondary N) is 1. The van der Waals surface area contributed by atoms with Gasteiger partial charge in [0, 0.05) is 12.2 Å². The fourth-order valence-corrected chi connectivity index (χ4v) is 3.25. The maximum absolute atomic E-state index is 12.0. The average molecular weight is 296 g/mol. The summed E-state index contributed by atoms with van der Waals surface area (Å²) in [5.41, 5.74) is 0.634. The third-order valence-corrected chi connectivity index (χ3v) is 4.62. The van der Waals surface area contributed by atoms with E-state index < -0.39 is 10.0 Å². The highest BCUT2D eigenvalue weighted by Gasteiger charge is 2.31. The second-order valence-electron chi connectivity index (χ2n) is 5.05. The molecular weight excluding hydrogens is 276 g/mol. The molecule has 1 N–H and O–H groups in total. The highest BCUT2D eigenvalue weighted by molar-refractivity contribution is 7.90. The lowest BCUT2D eigenvalue weighted by Crippen LogP contribution is -2.28. The second-order valence-corrected chi connectivity index (χ2v) is 6.70. The summed E-state index contributed by atoms with van der Waals surface area (Å²) in [4.78, 5) is 4.84. The van der Waals surface area contributed by atoms with Gasteiger partial charge in [0.1, 0.15) is 5.84 Å². The lowest BCUT2D eigenvalue weighted by Gasteiger charge is -2.17. The van der Waals surface area contributed by atoms with Crippen molar-refractivity contribution in [2.24, 2.45) is 10.9 Å². The molecule has 2 rings (SSSR count). The third kappa shape index (κ3) is 3.02. The van der Waals surface area contributed by atoms with E-state index in [1.807, 2.05) is 26.8 Å². The van der Waals surface area contributed by atoms with Gasteiger partial charge >= 0.3 is 0 Å². The number of nitrogens with zero attached hydrogens (tertiary/aromatic N) is 1. The number of aliphatic imine (C=N–C) groups is 1. The first-order valence-corrected chi connectivity index (χ1v) is 8.21. The van der Waals surface area contributed by atoms with Crippen molar-refractivity contribution in [3.8, 4) is 0 Å². The highest BCUT2D eigenvalue weighted by Crippen LogP contribution is 2.23. The summed E-state index contributed by atoms with van der Waals surface area (Å²) in [7, 11) is -3.47. The van der Waals surface area contributed by atoms with E-state index in [0.717, 1.165) is 0 Å². The Balaban J connectivity index is 2.36. The van der Waals surface area contributed by atoms with Crippen LogP contribution in [0.2, 0.25) is 0 Å². The number of fused-ring (bicyclic) bond motifs is 1. The van der Waals surface area contributed by atoms with Gasteiger partial charge in [0.05, 0.1) is 17.5 Å². The third-order valence-electron chi connectivity index (χ3n) is 3.22. The number of sulfonamides is 1. The topological polar surface area (TPSA) is 67.8 Å². The highest BCUT2D eigenvalue weighted by atomic mass is 32.2. The van der Waals surface area contributed by atoms with Crippen molar-refractivity contribution in [1.82, 2.24) is 4.72 Å². The van der Waals surface area contributed by atoms with Crippen molar-refractivity contribution >= 4 is 15.9 Å². The molecule has 0 radical (unpaired) electrons. The molecule has 1 heterocycles. The van der Waals surface area contributed by atoms with Gasteiger partial charge in [-0.1, -0.05) is 26.0 Å². The van der Waals surface area contributed by atoms with Crippen molar-refractivity contribution in [2.75, 3.05) is 13.2 Å². The molecule has 1 atom stereocenters. The van der Waals surface area contributed by atoms with Gasteiger partial charge in [-0.2, -0.15) is 0 Å². The van der Waals surface area contributed by atoms with Crippen LogP contribution in [-0.4, -0.2) is 33.5 Å². The lowest BCUT2D eigenvalue weighted by molar-refractivity contribution is 0.122. The molecule has 0 aromatic heterocycles. The number of ether oxygens (including phenoxy) is 1. The standard InChI is InChI=1S/C14H20N2O3S/c1-4-19-9-12(10(2)3)15-14-11-7-5-6-8-13(11)20(17,18)16-14/h5-8,10,12H,4,9H2,1-3H3,(H,15,16). The van der Waals surface area contributed by atoms with Crippen LogP contribution in [0.25, 0.3) is 0 Å². The molecule has 0 saturated heterocycles. The summed E-state index contributed by atoms with van der Waals surface area (Å²) in [5, 5.41) is 0. The molecule has 1 aliphatic heterocycles. The molecule has 5 nitrogen and oxygen atoms in total. The first kappa shape index (κ1) is 15.0. The van der Waals surface area contributed by atoms with E-state index in [4.69, 9.17) is 4.74 Å². The molecule has 0 fully saturated rings. The van der Waals surface area contributed by atoms with E-state index >= 15 is 0 Å². The van der Waals surface area contributed by atoms with Gasteiger partial charge in [-0.25, -0.2) is 8.42 Å². The summed E-state index contributed by atoms with van der Waals surface area (Å²) in [6.45, 7) is 7.13. The van der Waals surface area contributed by atoms with Crippen molar-refractivity contribution in [1.29, 1.82) is 0 Å². The van der Waals surface area contributed by atoms with Crippen LogP contribution < -0.4 is 4.72 Å². The van der Waals surface area contributed by atoms with E-state index in [9.17, 15) is 8.42 Å². The molecule has 1 aromatic carbocycles. The molecule has 0 amide bonds. The molecule has 110 valence electrons. The average Bonchev–Trinajstić information content (AvgIpc) is 2.66. The van der Waals surface area contributed by atoms with Gasteiger partial charge < -0.3 is 4.74 Å². The zero-order valence-electron chi connectivity index (χ0n) is 12.0. The Kier molecular flexibility index (Phi) is 4.45. The molecule has 1 aliphatic rings. The predicted octanol–water partition coefficient (Wildman–Crippen LogP) is 1.79. The molecular formula is C14H20N2O3S. The summed E-state index contributed by atoms with van der Waals surface area (Å²) in [5.74, 6) is 0.685. The van der Waals surface area contributed by atoms with Crippen LogP contribution in [0.1, 0.15) is 26.3 Å². The summed E-state index contributed by atoms with van der Waals surface area (Å²) < 4.78 is 32.0. The molecule has 0 spiro atoms. The summed E-state index contributed by atoms with van der Waals surface area (Å²) in [6, 6.07) is 6.81. The molecule has 0 aliphatic carbocycles. The molecule has 1 aromatic rings. The number of benzene rings is 1. The van der Waals surface area contributed by atoms with E-state index in [1.54, 1.807) is 18.2 Å². The smallest absolute Gasteiger partial charge is 0.263 e. The van der Waals surface area contributed by atoms with Crippen molar-refractivity contribution < 1.29 is 13.2 Å². The fourth-order valence-electron chi connectivity index (χ4n) is 2.01. The summed E-state index contributed by atoms with van der Waals surface area (Å²) in [6.07, 6.45) is 0. The first-order chi connectivity index (χ1) is 9.45. The SMILES string of the molecule is CCOCC(N=C1NS(=O)(=O)c2ccccc21)C(C)C. The quantitative estimate of drug-likeness (QED) is 0.900. The van der Waals surface area contributed by atoms with Crippen molar-refractivity contribution in [3.05, 3.63) is 29.8 Å². The van der Waals surface area contributed by atoms with Crippen LogP contribution in [0.15, 0.2) is 34.2 Å². The molecule has 1 unspecified atom stereocenters. The van der Waals surface area contributed by atoms with Gasteiger partial charge in [-0.05, 0) is 25.0 Å². The van der Waals surface area contributed by atoms with E-state index in [-0.39, 0.29) is 16.9 Å². The van der Waals surface area contributed by atoms with Crippen LogP contribution in [0.3, 0.4) is 0 Å². The predicted molar refractivity (Wildman–Crippen MR) is 78.4 cm³/mol. The Morgan fingerprint density at radius 3 is 2.65 bits per heavy atom. The maximum Gasteiger partial charge on any atom is 0.263 e. The van der Waals surface area contributed by atoms with Crippen LogP contribution in [-0.2, 0) is 14.8 Å². The minimum atomic E-state index is -3.47. The number of rotatable bonds is 5. The summed E-state index contributed by atoms with van der Waals surface area (Å²) >= 11 is 0. The Labute approximate surface area is 120 Å². The molecule has 20 heavy (non-hydrogen) atoms. The normalized spacial score (nSPS) is 19.9. The second kappa shape index (κ2) is 5.93. The lowest BCUT2D eigenvalue weighted by atomic mass is 10.1. The minimum Gasteiger partial charge on any atom is -0.380 e. The first-order valence-electron chi connectivity index (χ1n) is 6.73. The molecule has 0 bridgehead atoms. The Bertz CT molecular complexity index is 609. The largest absolute Gasteiger partial charge is 0.380 e. The van der Waals surface area contributed by atoms with Crippen LogP contribution in [0.5, 0.6) is 0 Å². The number of amidine groups is 1. The van der Waals surface area contributed by atoms with Gasteiger partial charge in [0.25, 0.3) is 10.0 Å². The Hall–Kier alpha value is -1.40. The van der Waals surface area contributed by atoms with Crippen LogP contribution in [0, 0.1) is 5.92 Å². The Morgan fingerprint density at radius 1 is 1.30 bits per heavy atom. The minimum absolute atomic E-state index is 0.0705. The van der Waals surface area contributed by atoms with Crippen LogP contribution in [0.4, 0.5) is 0 Å².